The summed E-state index contributed by atoms with van der Waals surface area (Å²) >= 11 is 0. The number of hydrogen-bond donors (Lipinski definition) is 0. The van der Waals surface area contributed by atoms with Crippen molar-refractivity contribution in [1.82, 2.24) is 0 Å². The first-order valence-corrected chi connectivity index (χ1v) is 9.65. The van der Waals surface area contributed by atoms with Crippen molar-refractivity contribution in [2.45, 2.75) is 25.8 Å². The van der Waals surface area contributed by atoms with Crippen LogP contribution in [-0.2, 0) is 4.43 Å². The highest BCUT2D eigenvalue weighted by Crippen LogP contribution is 2.26. The summed E-state index contributed by atoms with van der Waals surface area (Å²) in [4.78, 5) is 13.2. The molecule has 1 atom stereocenters. The van der Waals surface area contributed by atoms with Crippen molar-refractivity contribution in [3.63, 3.8) is 0 Å². The highest BCUT2D eigenvalue weighted by atomic mass is 28.4. The fourth-order valence-corrected chi connectivity index (χ4v) is 6.80. The van der Waals surface area contributed by atoms with Gasteiger partial charge in [0.15, 0.2) is 5.41 Å². The maximum atomic E-state index is 13.2. The van der Waals surface area contributed by atoms with E-state index in [1.165, 1.54) is 5.56 Å². The van der Waals surface area contributed by atoms with Crippen molar-refractivity contribution in [2.75, 3.05) is 6.61 Å². The standard InChI is InChI=1S/C18H20O2Si/c1-15-9-11-16(12-10-15)18(19)21(14-6-5-13-20-21)17-7-3-2-4-8-17/h2-4,7-12H,5-6,13-14H2,1H3. The lowest BCUT2D eigenvalue weighted by Crippen LogP contribution is -2.59. The Balaban J connectivity index is 2.03. The highest BCUT2D eigenvalue weighted by molar-refractivity contribution is 7.12. The molecule has 0 spiro atoms. The average Bonchev–Trinajstić information content (AvgIpc) is 2.56. The Kier molecular flexibility index (Phi) is 4.04. The second-order valence-electron chi connectivity index (χ2n) is 5.69. The van der Waals surface area contributed by atoms with Gasteiger partial charge in [-0.15, -0.1) is 0 Å². The van der Waals surface area contributed by atoms with Crippen LogP contribution in [0, 0.1) is 6.92 Å². The van der Waals surface area contributed by atoms with E-state index in [9.17, 15) is 4.79 Å². The van der Waals surface area contributed by atoms with Gasteiger partial charge >= 0.3 is 8.32 Å². The van der Waals surface area contributed by atoms with Crippen LogP contribution in [0.4, 0.5) is 0 Å². The van der Waals surface area contributed by atoms with E-state index in [4.69, 9.17) is 4.43 Å². The molecule has 0 aromatic heterocycles. The van der Waals surface area contributed by atoms with Gasteiger partial charge < -0.3 is 4.43 Å². The molecule has 3 heteroatoms. The minimum Gasteiger partial charge on any atom is -0.405 e. The van der Waals surface area contributed by atoms with Crippen molar-refractivity contribution < 1.29 is 9.22 Å². The molecule has 1 heterocycles. The van der Waals surface area contributed by atoms with Gasteiger partial charge in [-0.05, 0) is 24.6 Å². The second-order valence-corrected chi connectivity index (χ2v) is 9.17. The molecule has 0 amide bonds. The Hall–Kier alpha value is -1.71. The predicted molar refractivity (Wildman–Crippen MR) is 87.3 cm³/mol. The number of rotatable bonds is 3. The third kappa shape index (κ3) is 2.71. The van der Waals surface area contributed by atoms with Crippen LogP contribution in [0.15, 0.2) is 54.6 Å². The number of carbonyl (C=O) groups excluding carboxylic acids is 1. The van der Waals surface area contributed by atoms with Gasteiger partial charge in [0, 0.05) is 12.2 Å². The van der Waals surface area contributed by atoms with E-state index in [2.05, 4.69) is 12.1 Å². The molecule has 3 rings (SSSR count). The first kappa shape index (κ1) is 14.2. The molecule has 2 aromatic rings. The smallest absolute Gasteiger partial charge is 0.302 e. The molecule has 108 valence electrons. The van der Waals surface area contributed by atoms with E-state index in [0.29, 0.717) is 6.61 Å². The largest absolute Gasteiger partial charge is 0.405 e. The Bertz CT molecular complexity index is 613. The lowest BCUT2D eigenvalue weighted by Gasteiger charge is -2.33. The van der Waals surface area contributed by atoms with Crippen molar-refractivity contribution >= 4 is 18.9 Å². The summed E-state index contributed by atoms with van der Waals surface area (Å²) in [6, 6.07) is 18.9. The van der Waals surface area contributed by atoms with E-state index in [1.54, 1.807) is 0 Å². The van der Waals surface area contributed by atoms with E-state index in [0.717, 1.165) is 29.6 Å². The van der Waals surface area contributed by atoms with E-state index >= 15 is 0 Å². The summed E-state index contributed by atoms with van der Waals surface area (Å²) in [5, 5.41) is 1.32. The maximum absolute atomic E-state index is 13.2. The van der Waals surface area contributed by atoms with Gasteiger partial charge in [-0.25, -0.2) is 0 Å². The zero-order valence-electron chi connectivity index (χ0n) is 12.3. The van der Waals surface area contributed by atoms with Crippen LogP contribution < -0.4 is 5.19 Å². The van der Waals surface area contributed by atoms with E-state index in [-0.39, 0.29) is 5.41 Å². The molecule has 0 radical (unpaired) electrons. The van der Waals surface area contributed by atoms with E-state index < -0.39 is 8.32 Å². The van der Waals surface area contributed by atoms with Crippen LogP contribution in [0.3, 0.4) is 0 Å². The number of carbonyl (C=O) groups is 1. The van der Waals surface area contributed by atoms with Gasteiger partial charge in [0.05, 0.1) is 0 Å². The summed E-state index contributed by atoms with van der Waals surface area (Å²) in [6.07, 6.45) is 2.14. The van der Waals surface area contributed by atoms with Gasteiger partial charge in [-0.3, -0.25) is 4.79 Å². The average molecular weight is 296 g/mol. The maximum Gasteiger partial charge on any atom is 0.302 e. The van der Waals surface area contributed by atoms with Gasteiger partial charge in [-0.1, -0.05) is 66.6 Å². The van der Waals surface area contributed by atoms with Crippen LogP contribution in [-0.4, -0.2) is 20.3 Å². The first-order valence-electron chi connectivity index (χ1n) is 7.53. The lowest BCUT2D eigenvalue weighted by atomic mass is 10.2. The van der Waals surface area contributed by atoms with Crippen molar-refractivity contribution in [2.24, 2.45) is 0 Å². The molecule has 1 aliphatic rings. The molecule has 1 unspecified atom stereocenters. The minimum atomic E-state index is -2.56. The number of benzene rings is 2. The predicted octanol–water partition coefficient (Wildman–Crippen LogP) is 3.38. The lowest BCUT2D eigenvalue weighted by molar-refractivity contribution is 0.103. The molecule has 2 aromatic carbocycles. The second kappa shape index (κ2) is 5.96. The van der Waals surface area contributed by atoms with Crippen LogP contribution in [0.5, 0.6) is 0 Å². The molecule has 1 aliphatic heterocycles. The first-order chi connectivity index (χ1) is 10.2. The summed E-state index contributed by atoms with van der Waals surface area (Å²) < 4.78 is 6.19. The Morgan fingerprint density at radius 3 is 2.33 bits per heavy atom. The third-order valence-electron chi connectivity index (χ3n) is 4.19. The molecule has 2 nitrogen and oxygen atoms in total. The van der Waals surface area contributed by atoms with Crippen molar-refractivity contribution in [3.8, 4) is 0 Å². The minimum absolute atomic E-state index is 0.216. The summed E-state index contributed by atoms with van der Waals surface area (Å²) in [6.45, 7) is 2.74. The normalized spacial score (nSPS) is 22.0. The monoisotopic (exact) mass is 296 g/mol. The molecule has 1 saturated heterocycles. The zero-order chi connectivity index (χ0) is 14.7. The Morgan fingerprint density at radius 2 is 1.71 bits per heavy atom. The van der Waals surface area contributed by atoms with Crippen LogP contribution >= 0.6 is 0 Å². The van der Waals surface area contributed by atoms with Crippen LogP contribution in [0.1, 0.15) is 28.8 Å². The SMILES string of the molecule is Cc1ccc(C(=O)[Si]2(c3ccccc3)CCCCO2)cc1. The third-order valence-corrected chi connectivity index (χ3v) is 8.24. The van der Waals surface area contributed by atoms with Crippen molar-refractivity contribution in [3.05, 3.63) is 65.7 Å². The summed E-state index contributed by atoms with van der Waals surface area (Å²) in [7, 11) is -2.56. The van der Waals surface area contributed by atoms with Crippen LogP contribution in [0.2, 0.25) is 6.04 Å². The molecule has 1 fully saturated rings. The number of hydrogen-bond acceptors (Lipinski definition) is 2. The molecule has 0 aliphatic carbocycles. The Labute approximate surface area is 126 Å². The molecule has 0 saturated carbocycles. The highest BCUT2D eigenvalue weighted by Gasteiger charge is 2.46. The molecule has 0 N–H and O–H groups in total. The van der Waals surface area contributed by atoms with Crippen LogP contribution in [0.25, 0.3) is 0 Å². The van der Waals surface area contributed by atoms with E-state index in [1.807, 2.05) is 49.4 Å². The molecular formula is C18H20O2Si. The topological polar surface area (TPSA) is 26.3 Å². The molecular weight excluding hydrogens is 276 g/mol. The molecule has 21 heavy (non-hydrogen) atoms. The fourth-order valence-electron chi connectivity index (χ4n) is 2.98. The van der Waals surface area contributed by atoms with Gasteiger partial charge in [0.2, 0.25) is 0 Å². The fraction of sp³-hybridized carbons (Fsp3) is 0.278. The van der Waals surface area contributed by atoms with Gasteiger partial charge in [-0.2, -0.15) is 0 Å². The summed E-state index contributed by atoms with van der Waals surface area (Å²) in [5.41, 5.74) is 1.96. The van der Waals surface area contributed by atoms with Crippen molar-refractivity contribution in [1.29, 1.82) is 0 Å². The zero-order valence-corrected chi connectivity index (χ0v) is 13.3. The summed E-state index contributed by atoms with van der Waals surface area (Å²) in [5.74, 6) is 0. The quantitative estimate of drug-likeness (QED) is 0.812. The van der Waals surface area contributed by atoms with Gasteiger partial charge in [0.1, 0.15) is 0 Å². The van der Waals surface area contributed by atoms with Gasteiger partial charge in [0.25, 0.3) is 0 Å². The Morgan fingerprint density at radius 1 is 1.00 bits per heavy atom. The number of aryl methyl sites for hydroxylation is 1. The molecule has 0 bridgehead atoms.